The first-order chi connectivity index (χ1) is 8.49. The summed E-state index contributed by atoms with van der Waals surface area (Å²) in [6, 6.07) is 3.94. The van der Waals surface area contributed by atoms with Gasteiger partial charge in [0.1, 0.15) is 5.82 Å². The molecule has 98 valence electrons. The fourth-order valence-corrected chi connectivity index (χ4v) is 2.33. The molecule has 1 fully saturated rings. The van der Waals surface area contributed by atoms with Gasteiger partial charge in [-0.1, -0.05) is 13.8 Å². The van der Waals surface area contributed by atoms with Gasteiger partial charge in [-0.15, -0.1) is 0 Å². The van der Waals surface area contributed by atoms with Gasteiger partial charge in [0, 0.05) is 18.8 Å². The number of carbonyl (C=O) groups is 1. The Morgan fingerprint density at radius 2 is 2.11 bits per heavy atom. The van der Waals surface area contributed by atoms with Crippen LogP contribution < -0.4 is 5.73 Å². The van der Waals surface area contributed by atoms with E-state index in [1.807, 2.05) is 0 Å². The topological polar surface area (TPSA) is 46.3 Å². The van der Waals surface area contributed by atoms with Crippen LogP contribution in [0.2, 0.25) is 0 Å². The second-order valence-electron chi connectivity index (χ2n) is 5.23. The first kappa shape index (κ1) is 12.9. The molecule has 1 amide bonds. The van der Waals surface area contributed by atoms with Crippen LogP contribution in [0.5, 0.6) is 0 Å². The molecule has 0 saturated carbocycles. The molecular formula is C14H19FN2O. The monoisotopic (exact) mass is 250 g/mol. The van der Waals surface area contributed by atoms with E-state index in [1.54, 1.807) is 4.90 Å². The molecule has 1 aliphatic rings. The van der Waals surface area contributed by atoms with Crippen LogP contribution >= 0.6 is 0 Å². The molecule has 0 aromatic heterocycles. The highest BCUT2D eigenvalue weighted by Gasteiger charge is 2.27. The quantitative estimate of drug-likeness (QED) is 0.778. The van der Waals surface area contributed by atoms with Crippen LogP contribution in [0.4, 0.5) is 10.1 Å². The minimum absolute atomic E-state index is 0.161. The lowest BCUT2D eigenvalue weighted by molar-refractivity contribution is 0.0628. The predicted molar refractivity (Wildman–Crippen MR) is 69.7 cm³/mol. The highest BCUT2D eigenvalue weighted by atomic mass is 19.1. The van der Waals surface area contributed by atoms with Crippen molar-refractivity contribution in [2.75, 3.05) is 18.8 Å². The third-order valence-electron chi connectivity index (χ3n) is 3.87. The maximum Gasteiger partial charge on any atom is 0.256 e. The Kier molecular flexibility index (Phi) is 3.55. The lowest BCUT2D eigenvalue weighted by atomic mass is 9.88. The van der Waals surface area contributed by atoms with E-state index < -0.39 is 5.82 Å². The molecule has 18 heavy (non-hydrogen) atoms. The van der Waals surface area contributed by atoms with Gasteiger partial charge < -0.3 is 10.6 Å². The third kappa shape index (κ3) is 2.47. The number of carbonyl (C=O) groups excluding carboxylic acids is 1. The number of nitrogens with zero attached hydrogens (tertiary/aromatic N) is 1. The van der Waals surface area contributed by atoms with E-state index in [2.05, 4.69) is 13.8 Å². The molecule has 3 nitrogen and oxygen atoms in total. The minimum atomic E-state index is -0.425. The van der Waals surface area contributed by atoms with Gasteiger partial charge in [0.15, 0.2) is 0 Å². The van der Waals surface area contributed by atoms with Crippen molar-refractivity contribution in [3.05, 3.63) is 29.6 Å². The molecule has 0 spiro atoms. The number of likely N-dealkylation sites (tertiary alicyclic amines) is 1. The number of nitrogens with two attached hydrogens (primary N) is 1. The number of amides is 1. The predicted octanol–water partition coefficient (Wildman–Crippen LogP) is 2.53. The van der Waals surface area contributed by atoms with E-state index in [4.69, 9.17) is 5.73 Å². The van der Waals surface area contributed by atoms with Gasteiger partial charge in [0.05, 0.1) is 5.56 Å². The minimum Gasteiger partial charge on any atom is -0.398 e. The average molecular weight is 250 g/mol. The summed E-state index contributed by atoms with van der Waals surface area (Å²) < 4.78 is 13.2. The highest BCUT2D eigenvalue weighted by molar-refractivity contribution is 5.99. The maximum absolute atomic E-state index is 13.2. The smallest absolute Gasteiger partial charge is 0.256 e. The van der Waals surface area contributed by atoms with Crippen LogP contribution in [-0.2, 0) is 0 Å². The Hall–Kier alpha value is -1.58. The van der Waals surface area contributed by atoms with Crippen molar-refractivity contribution >= 4 is 11.6 Å². The van der Waals surface area contributed by atoms with Crippen molar-refractivity contribution in [2.24, 2.45) is 11.8 Å². The second-order valence-corrected chi connectivity index (χ2v) is 5.23. The van der Waals surface area contributed by atoms with E-state index in [0.717, 1.165) is 19.5 Å². The summed E-state index contributed by atoms with van der Waals surface area (Å²) >= 11 is 0. The van der Waals surface area contributed by atoms with E-state index in [0.29, 0.717) is 17.5 Å². The number of anilines is 1. The Morgan fingerprint density at radius 3 is 2.78 bits per heavy atom. The van der Waals surface area contributed by atoms with E-state index >= 15 is 0 Å². The number of halogens is 1. The lowest BCUT2D eigenvalue weighted by Crippen LogP contribution is -2.42. The van der Waals surface area contributed by atoms with Crippen LogP contribution in [0.15, 0.2) is 18.2 Å². The van der Waals surface area contributed by atoms with Crippen LogP contribution in [0.25, 0.3) is 0 Å². The Balaban J connectivity index is 2.19. The number of rotatable bonds is 1. The maximum atomic E-state index is 13.2. The van der Waals surface area contributed by atoms with E-state index in [1.165, 1.54) is 18.2 Å². The van der Waals surface area contributed by atoms with Crippen LogP contribution in [0.1, 0.15) is 30.6 Å². The van der Waals surface area contributed by atoms with Crippen molar-refractivity contribution in [3.8, 4) is 0 Å². The molecule has 0 bridgehead atoms. The van der Waals surface area contributed by atoms with Gasteiger partial charge in [-0.3, -0.25) is 4.79 Å². The number of benzene rings is 1. The Bertz CT molecular complexity index is 461. The second kappa shape index (κ2) is 4.96. The Labute approximate surface area is 107 Å². The number of nitrogen functional groups attached to an aromatic ring is 1. The third-order valence-corrected chi connectivity index (χ3v) is 3.87. The van der Waals surface area contributed by atoms with Gasteiger partial charge in [-0.2, -0.15) is 0 Å². The highest BCUT2D eigenvalue weighted by Crippen LogP contribution is 2.25. The summed E-state index contributed by atoms with van der Waals surface area (Å²) in [4.78, 5) is 14.1. The summed E-state index contributed by atoms with van der Waals surface area (Å²) in [5, 5.41) is 0. The van der Waals surface area contributed by atoms with Crippen molar-refractivity contribution in [2.45, 2.75) is 20.3 Å². The van der Waals surface area contributed by atoms with Crippen molar-refractivity contribution in [1.82, 2.24) is 4.90 Å². The summed E-state index contributed by atoms with van der Waals surface area (Å²) in [6.45, 7) is 5.78. The van der Waals surface area contributed by atoms with Crippen LogP contribution in [0.3, 0.4) is 0 Å². The van der Waals surface area contributed by atoms with Gasteiger partial charge in [-0.25, -0.2) is 4.39 Å². The largest absolute Gasteiger partial charge is 0.398 e. The van der Waals surface area contributed by atoms with E-state index in [-0.39, 0.29) is 11.5 Å². The van der Waals surface area contributed by atoms with Gasteiger partial charge in [0.25, 0.3) is 5.91 Å². The van der Waals surface area contributed by atoms with Gasteiger partial charge >= 0.3 is 0 Å². The standard InChI is InChI=1S/C14H19FN2O/c1-9-5-6-17(8-10(9)2)14(18)12-7-11(15)3-4-13(12)16/h3-4,7,9-10H,5-6,8,16H2,1-2H3. The van der Waals surface area contributed by atoms with Gasteiger partial charge in [-0.05, 0) is 36.5 Å². The summed E-state index contributed by atoms with van der Waals surface area (Å²) in [7, 11) is 0. The summed E-state index contributed by atoms with van der Waals surface area (Å²) in [6.07, 6.45) is 0.988. The average Bonchev–Trinajstić information content (AvgIpc) is 2.35. The molecule has 2 unspecified atom stereocenters. The molecule has 2 N–H and O–H groups in total. The fourth-order valence-electron chi connectivity index (χ4n) is 2.33. The number of hydrogen-bond donors (Lipinski definition) is 1. The van der Waals surface area contributed by atoms with E-state index in [9.17, 15) is 9.18 Å². The first-order valence-corrected chi connectivity index (χ1v) is 6.33. The molecular weight excluding hydrogens is 231 g/mol. The van der Waals surface area contributed by atoms with Gasteiger partial charge in [0.2, 0.25) is 0 Å². The molecule has 1 aromatic carbocycles. The number of piperidine rings is 1. The lowest BCUT2D eigenvalue weighted by Gasteiger charge is -2.35. The zero-order valence-electron chi connectivity index (χ0n) is 10.8. The molecule has 1 saturated heterocycles. The Morgan fingerprint density at radius 1 is 1.39 bits per heavy atom. The molecule has 4 heteroatoms. The molecule has 0 radical (unpaired) electrons. The summed E-state index contributed by atoms with van der Waals surface area (Å²) in [5.41, 5.74) is 6.36. The summed E-state index contributed by atoms with van der Waals surface area (Å²) in [5.74, 6) is 0.508. The molecule has 0 aliphatic carbocycles. The molecule has 1 aliphatic heterocycles. The molecule has 2 rings (SSSR count). The van der Waals surface area contributed by atoms with Crippen LogP contribution in [-0.4, -0.2) is 23.9 Å². The molecule has 1 heterocycles. The normalized spacial score (nSPS) is 24.1. The van der Waals surface area contributed by atoms with Crippen molar-refractivity contribution < 1.29 is 9.18 Å². The SMILES string of the molecule is CC1CCN(C(=O)c2cc(F)ccc2N)CC1C. The van der Waals surface area contributed by atoms with Crippen molar-refractivity contribution in [1.29, 1.82) is 0 Å². The first-order valence-electron chi connectivity index (χ1n) is 6.33. The zero-order valence-corrected chi connectivity index (χ0v) is 10.8. The molecule has 2 atom stereocenters. The molecule has 1 aromatic rings. The fraction of sp³-hybridized carbons (Fsp3) is 0.500. The van der Waals surface area contributed by atoms with Crippen molar-refractivity contribution in [3.63, 3.8) is 0 Å². The zero-order chi connectivity index (χ0) is 13.3. The van der Waals surface area contributed by atoms with Crippen LogP contribution in [0, 0.1) is 17.7 Å². The number of hydrogen-bond acceptors (Lipinski definition) is 2.